The molecular formula is C12H10N4O4. The van der Waals surface area contributed by atoms with Gasteiger partial charge in [0, 0.05) is 12.1 Å². The summed E-state index contributed by atoms with van der Waals surface area (Å²) in [6, 6.07) is 6.33. The minimum atomic E-state index is -0.480. The van der Waals surface area contributed by atoms with E-state index >= 15 is 0 Å². The topological polar surface area (TPSA) is 107 Å². The lowest BCUT2D eigenvalue weighted by molar-refractivity contribution is -0.384. The Morgan fingerprint density at radius 2 is 2.25 bits per heavy atom. The van der Waals surface area contributed by atoms with Gasteiger partial charge in [-0.1, -0.05) is 5.16 Å². The van der Waals surface area contributed by atoms with Crippen molar-refractivity contribution in [3.8, 4) is 0 Å². The van der Waals surface area contributed by atoms with Gasteiger partial charge >= 0.3 is 0 Å². The highest BCUT2D eigenvalue weighted by atomic mass is 16.6. The average molecular weight is 274 g/mol. The molecule has 0 atom stereocenters. The Labute approximate surface area is 112 Å². The van der Waals surface area contributed by atoms with Crippen molar-refractivity contribution in [1.29, 1.82) is 0 Å². The van der Waals surface area contributed by atoms with E-state index in [2.05, 4.69) is 15.5 Å². The smallest absolute Gasteiger partial charge is 0.296 e. The van der Waals surface area contributed by atoms with Gasteiger partial charge < -0.3 is 14.3 Å². The highest BCUT2D eigenvalue weighted by Crippen LogP contribution is 2.23. The lowest BCUT2D eigenvalue weighted by atomic mass is 10.3. The minimum absolute atomic E-state index is 0.0361. The van der Waals surface area contributed by atoms with Crippen molar-refractivity contribution in [2.24, 2.45) is 0 Å². The molecule has 0 aliphatic rings. The molecule has 2 aromatic heterocycles. The summed E-state index contributed by atoms with van der Waals surface area (Å²) in [7, 11) is 0. The van der Waals surface area contributed by atoms with Gasteiger partial charge in [0.15, 0.2) is 11.3 Å². The number of non-ortho nitro benzene ring substituents is 1. The molecule has 0 amide bonds. The molecule has 1 N–H and O–H groups in total. The van der Waals surface area contributed by atoms with Gasteiger partial charge in [0.2, 0.25) is 0 Å². The number of aromatic nitrogens is 2. The van der Waals surface area contributed by atoms with Crippen molar-refractivity contribution < 1.29 is 13.9 Å². The second kappa shape index (κ2) is 4.65. The largest absolute Gasteiger partial charge is 0.423 e. The summed E-state index contributed by atoms with van der Waals surface area (Å²) in [6.07, 6.45) is 0. The summed E-state index contributed by atoms with van der Waals surface area (Å²) in [5, 5.41) is 17.4. The average Bonchev–Trinajstić information content (AvgIpc) is 3.00. The number of benzene rings is 1. The third kappa shape index (κ3) is 2.30. The van der Waals surface area contributed by atoms with Gasteiger partial charge in [0.05, 0.1) is 23.2 Å². The molecule has 0 aliphatic carbocycles. The molecule has 0 radical (unpaired) electrons. The van der Waals surface area contributed by atoms with Crippen LogP contribution in [0.3, 0.4) is 0 Å². The quantitative estimate of drug-likeness (QED) is 0.575. The van der Waals surface area contributed by atoms with Crippen LogP contribution >= 0.6 is 0 Å². The molecule has 0 aliphatic heterocycles. The first-order valence-corrected chi connectivity index (χ1v) is 5.83. The number of nitro groups is 1. The maximum atomic E-state index is 10.7. The minimum Gasteiger partial charge on any atom is -0.423 e. The summed E-state index contributed by atoms with van der Waals surface area (Å²) in [6.45, 7) is 2.20. The normalized spacial score (nSPS) is 10.8. The van der Waals surface area contributed by atoms with E-state index in [1.807, 2.05) is 6.92 Å². The predicted molar refractivity (Wildman–Crippen MR) is 69.2 cm³/mol. The molecular weight excluding hydrogens is 264 g/mol. The second-order valence-electron chi connectivity index (χ2n) is 4.22. The van der Waals surface area contributed by atoms with Crippen molar-refractivity contribution in [3.05, 3.63) is 45.8 Å². The number of fused-ring (bicyclic) bond motifs is 1. The van der Waals surface area contributed by atoms with Crippen LogP contribution < -0.4 is 5.32 Å². The number of nitrogens with one attached hydrogen (secondary N) is 1. The lowest BCUT2D eigenvalue weighted by Crippen LogP contribution is -1.97. The van der Waals surface area contributed by atoms with E-state index in [9.17, 15) is 10.1 Å². The Kier molecular flexibility index (Phi) is 2.82. The fourth-order valence-corrected chi connectivity index (χ4v) is 1.76. The van der Waals surface area contributed by atoms with E-state index in [4.69, 9.17) is 8.94 Å². The molecule has 8 heteroatoms. The summed E-state index contributed by atoms with van der Waals surface area (Å²) in [5.41, 5.74) is 1.66. The van der Waals surface area contributed by atoms with Crippen LogP contribution in [0.25, 0.3) is 11.1 Å². The number of hydrogen-bond acceptors (Lipinski definition) is 7. The molecule has 3 aromatic rings. The van der Waals surface area contributed by atoms with E-state index < -0.39 is 4.92 Å². The number of oxazole rings is 1. The zero-order valence-corrected chi connectivity index (χ0v) is 10.5. The van der Waals surface area contributed by atoms with E-state index in [-0.39, 0.29) is 11.7 Å². The highest BCUT2D eigenvalue weighted by molar-refractivity contribution is 5.77. The Bertz CT molecular complexity index is 777. The van der Waals surface area contributed by atoms with Crippen molar-refractivity contribution >= 4 is 22.8 Å². The van der Waals surface area contributed by atoms with E-state index in [1.54, 1.807) is 12.1 Å². The summed E-state index contributed by atoms with van der Waals surface area (Å²) in [4.78, 5) is 14.4. The number of aryl methyl sites for hydroxylation is 1. The first kappa shape index (κ1) is 12.2. The first-order valence-electron chi connectivity index (χ1n) is 5.83. The van der Waals surface area contributed by atoms with Gasteiger partial charge in [-0.15, -0.1) is 0 Å². The maximum Gasteiger partial charge on any atom is 0.296 e. The molecule has 0 saturated heterocycles. The molecule has 102 valence electrons. The fraction of sp³-hybridized carbons (Fsp3) is 0.167. The number of rotatable bonds is 4. The van der Waals surface area contributed by atoms with Gasteiger partial charge in [0.25, 0.3) is 11.7 Å². The SMILES string of the molecule is Cc1cc(CNc2nc3ccc([N+](=O)[O-])cc3o2)on1. The van der Waals surface area contributed by atoms with Gasteiger partial charge in [-0.25, -0.2) is 0 Å². The summed E-state index contributed by atoms with van der Waals surface area (Å²) >= 11 is 0. The Morgan fingerprint density at radius 1 is 1.40 bits per heavy atom. The van der Waals surface area contributed by atoms with Crippen molar-refractivity contribution in [2.45, 2.75) is 13.5 Å². The number of nitrogens with zero attached hydrogens (tertiary/aromatic N) is 3. The van der Waals surface area contributed by atoms with Crippen LogP contribution in [-0.2, 0) is 6.54 Å². The number of anilines is 1. The lowest BCUT2D eigenvalue weighted by Gasteiger charge is -1.95. The number of hydrogen-bond donors (Lipinski definition) is 1. The van der Waals surface area contributed by atoms with E-state index in [0.717, 1.165) is 5.69 Å². The Morgan fingerprint density at radius 3 is 2.95 bits per heavy atom. The third-order valence-electron chi connectivity index (χ3n) is 2.67. The van der Waals surface area contributed by atoms with Gasteiger partial charge in [-0.3, -0.25) is 10.1 Å². The Hall–Kier alpha value is -2.90. The summed E-state index contributed by atoms with van der Waals surface area (Å²) < 4.78 is 10.4. The molecule has 0 unspecified atom stereocenters. The molecule has 8 nitrogen and oxygen atoms in total. The molecule has 20 heavy (non-hydrogen) atoms. The standard InChI is InChI=1S/C12H10N4O4/c1-7-4-9(20-15-7)6-13-12-14-10-3-2-8(16(17)18)5-11(10)19-12/h2-5H,6H2,1H3,(H,13,14). The molecule has 0 bridgehead atoms. The van der Waals surface area contributed by atoms with Gasteiger partial charge in [-0.2, -0.15) is 4.98 Å². The van der Waals surface area contributed by atoms with Gasteiger partial charge in [0.1, 0.15) is 5.52 Å². The monoisotopic (exact) mass is 274 g/mol. The van der Waals surface area contributed by atoms with E-state index in [0.29, 0.717) is 23.4 Å². The van der Waals surface area contributed by atoms with Crippen LogP contribution in [0, 0.1) is 17.0 Å². The number of nitro benzene ring substituents is 1. The van der Waals surface area contributed by atoms with E-state index in [1.165, 1.54) is 12.1 Å². The molecule has 2 heterocycles. The van der Waals surface area contributed by atoms with Crippen LogP contribution in [-0.4, -0.2) is 15.1 Å². The molecule has 0 spiro atoms. The Balaban J connectivity index is 1.80. The molecule has 0 fully saturated rings. The first-order chi connectivity index (χ1) is 9.61. The second-order valence-corrected chi connectivity index (χ2v) is 4.22. The van der Waals surface area contributed by atoms with Crippen LogP contribution in [0.1, 0.15) is 11.5 Å². The third-order valence-corrected chi connectivity index (χ3v) is 2.67. The van der Waals surface area contributed by atoms with Crippen LogP contribution in [0.2, 0.25) is 0 Å². The predicted octanol–water partition coefficient (Wildman–Crippen LogP) is 2.64. The summed E-state index contributed by atoms with van der Waals surface area (Å²) in [5.74, 6) is 0.649. The zero-order valence-electron chi connectivity index (χ0n) is 10.5. The van der Waals surface area contributed by atoms with Crippen LogP contribution in [0.5, 0.6) is 0 Å². The molecule has 1 aromatic carbocycles. The maximum absolute atomic E-state index is 10.7. The molecule has 3 rings (SSSR count). The van der Waals surface area contributed by atoms with Crippen molar-refractivity contribution in [3.63, 3.8) is 0 Å². The van der Waals surface area contributed by atoms with Gasteiger partial charge in [-0.05, 0) is 13.0 Å². The molecule has 0 saturated carbocycles. The van der Waals surface area contributed by atoms with Crippen molar-refractivity contribution in [2.75, 3.05) is 5.32 Å². The zero-order chi connectivity index (χ0) is 14.1. The highest BCUT2D eigenvalue weighted by Gasteiger charge is 2.12. The van der Waals surface area contributed by atoms with Crippen LogP contribution in [0.4, 0.5) is 11.7 Å². The fourth-order valence-electron chi connectivity index (χ4n) is 1.76. The van der Waals surface area contributed by atoms with Crippen molar-refractivity contribution in [1.82, 2.24) is 10.1 Å². The van der Waals surface area contributed by atoms with Crippen LogP contribution in [0.15, 0.2) is 33.2 Å².